The number of carboxylic acids is 1. The maximum absolute atomic E-state index is 10.9. The van der Waals surface area contributed by atoms with Gasteiger partial charge in [-0.15, -0.1) is 0 Å². The molecule has 0 bridgehead atoms. The van der Waals surface area contributed by atoms with Gasteiger partial charge < -0.3 is 9.90 Å². The molecule has 5 heteroatoms. The van der Waals surface area contributed by atoms with Crippen LogP contribution in [0.25, 0.3) is 0 Å². The normalized spacial score (nSPS) is 11.4. The molecule has 0 amide bonds. The zero-order valence-corrected chi connectivity index (χ0v) is 9.67. The lowest BCUT2D eigenvalue weighted by molar-refractivity contribution is 0.0698. The van der Waals surface area contributed by atoms with E-state index in [0.29, 0.717) is 5.19 Å². The molecule has 1 rings (SSSR count). The molecule has 0 radical (unpaired) electrons. The number of carboxylic acid groups (broad SMARTS) is 1. The number of rotatable bonds is 2. The maximum atomic E-state index is 10.9. The molecule has 0 aromatic heterocycles. The largest absolute Gasteiger partial charge is 0.478 e. The van der Waals surface area contributed by atoms with E-state index < -0.39 is 14.3 Å². The zero-order chi connectivity index (χ0) is 10.9. The van der Waals surface area contributed by atoms with E-state index in [4.69, 9.17) is 16.7 Å². The standard InChI is InChI=1S/C9H11ClO3Si/c1-14(2,13)7-5-3-4-6(10)8(7)9(11)12/h3-5,13H,1-2H3,(H,11,12). The van der Waals surface area contributed by atoms with E-state index >= 15 is 0 Å². The van der Waals surface area contributed by atoms with Crippen molar-refractivity contribution in [2.45, 2.75) is 13.1 Å². The fourth-order valence-corrected chi connectivity index (χ4v) is 2.94. The van der Waals surface area contributed by atoms with Crippen LogP contribution in [0.3, 0.4) is 0 Å². The Morgan fingerprint density at radius 2 is 2.00 bits per heavy atom. The number of halogens is 1. The molecular weight excluding hydrogens is 220 g/mol. The number of aromatic carboxylic acids is 1. The quantitative estimate of drug-likeness (QED) is 0.756. The molecule has 14 heavy (non-hydrogen) atoms. The lowest BCUT2D eigenvalue weighted by Crippen LogP contribution is -2.44. The summed E-state index contributed by atoms with van der Waals surface area (Å²) in [6.45, 7) is 3.32. The molecule has 0 spiro atoms. The lowest BCUT2D eigenvalue weighted by atomic mass is 10.2. The van der Waals surface area contributed by atoms with Gasteiger partial charge in [-0.05, 0) is 24.3 Å². The number of benzene rings is 1. The average Bonchev–Trinajstić information content (AvgIpc) is 2.01. The Kier molecular flexibility index (Phi) is 2.99. The zero-order valence-electron chi connectivity index (χ0n) is 7.91. The van der Waals surface area contributed by atoms with Crippen molar-refractivity contribution in [3.05, 3.63) is 28.8 Å². The summed E-state index contributed by atoms with van der Waals surface area (Å²) < 4.78 is 0. The number of hydrogen-bond acceptors (Lipinski definition) is 2. The van der Waals surface area contributed by atoms with Gasteiger partial charge in [-0.2, -0.15) is 0 Å². The Morgan fingerprint density at radius 1 is 1.43 bits per heavy atom. The topological polar surface area (TPSA) is 57.5 Å². The summed E-state index contributed by atoms with van der Waals surface area (Å²) in [4.78, 5) is 20.8. The van der Waals surface area contributed by atoms with Crippen molar-refractivity contribution < 1.29 is 14.7 Å². The number of carbonyl (C=O) groups is 1. The molecule has 0 saturated heterocycles. The molecule has 0 aliphatic heterocycles. The van der Waals surface area contributed by atoms with Crippen molar-refractivity contribution in [1.29, 1.82) is 0 Å². The molecule has 0 atom stereocenters. The average molecular weight is 231 g/mol. The predicted octanol–water partition coefficient (Wildman–Crippen LogP) is 1.44. The van der Waals surface area contributed by atoms with Crippen LogP contribution in [0.2, 0.25) is 18.1 Å². The molecule has 0 fully saturated rings. The fraction of sp³-hybridized carbons (Fsp3) is 0.222. The molecule has 1 aromatic rings. The van der Waals surface area contributed by atoms with E-state index in [-0.39, 0.29) is 10.6 Å². The van der Waals surface area contributed by atoms with Crippen LogP contribution in [0, 0.1) is 0 Å². The molecule has 0 heterocycles. The van der Waals surface area contributed by atoms with Gasteiger partial charge in [0, 0.05) is 0 Å². The maximum Gasteiger partial charge on any atom is 0.337 e. The second kappa shape index (κ2) is 3.72. The fourth-order valence-electron chi connectivity index (χ4n) is 1.25. The molecular formula is C9H11ClO3Si. The smallest absolute Gasteiger partial charge is 0.337 e. The first kappa shape index (κ1) is 11.2. The van der Waals surface area contributed by atoms with Crippen LogP contribution < -0.4 is 5.19 Å². The van der Waals surface area contributed by atoms with Crippen molar-refractivity contribution >= 4 is 31.1 Å². The van der Waals surface area contributed by atoms with E-state index in [1.165, 1.54) is 6.07 Å². The van der Waals surface area contributed by atoms with E-state index in [1.807, 2.05) is 0 Å². The van der Waals surface area contributed by atoms with Gasteiger partial charge >= 0.3 is 5.97 Å². The Morgan fingerprint density at radius 3 is 2.36 bits per heavy atom. The van der Waals surface area contributed by atoms with E-state index in [2.05, 4.69) is 0 Å². The minimum absolute atomic E-state index is 0.0216. The van der Waals surface area contributed by atoms with Crippen LogP contribution in [-0.2, 0) is 0 Å². The van der Waals surface area contributed by atoms with Crippen molar-refractivity contribution in [1.82, 2.24) is 0 Å². The number of hydrogen-bond donors (Lipinski definition) is 2. The first-order valence-electron chi connectivity index (χ1n) is 4.08. The highest BCUT2D eigenvalue weighted by atomic mass is 35.5. The highest BCUT2D eigenvalue weighted by Crippen LogP contribution is 2.16. The van der Waals surface area contributed by atoms with Gasteiger partial charge in [-0.3, -0.25) is 0 Å². The first-order valence-corrected chi connectivity index (χ1v) is 7.41. The Balaban J connectivity index is 3.44. The molecule has 0 unspecified atom stereocenters. The van der Waals surface area contributed by atoms with Gasteiger partial charge in [0.05, 0.1) is 10.6 Å². The monoisotopic (exact) mass is 230 g/mol. The SMILES string of the molecule is C[Si](C)(O)c1cccc(Cl)c1C(=O)O. The summed E-state index contributed by atoms with van der Waals surface area (Å²) in [7, 11) is -2.64. The van der Waals surface area contributed by atoms with Crippen LogP contribution in [0.5, 0.6) is 0 Å². The Bertz CT molecular complexity index is 371. The van der Waals surface area contributed by atoms with Crippen molar-refractivity contribution in [2.75, 3.05) is 0 Å². The second-order valence-corrected chi connectivity index (χ2v) is 7.59. The molecule has 0 saturated carbocycles. The van der Waals surface area contributed by atoms with Gasteiger partial charge in [0.25, 0.3) is 0 Å². The van der Waals surface area contributed by atoms with Crippen LogP contribution >= 0.6 is 11.6 Å². The lowest BCUT2D eigenvalue weighted by Gasteiger charge is -2.17. The first-order chi connectivity index (χ1) is 6.34. The van der Waals surface area contributed by atoms with Crippen LogP contribution in [0.1, 0.15) is 10.4 Å². The van der Waals surface area contributed by atoms with Gasteiger partial charge in [0.15, 0.2) is 0 Å². The summed E-state index contributed by atoms with van der Waals surface area (Å²) in [5.41, 5.74) is 0.0216. The third-order valence-electron chi connectivity index (χ3n) is 1.89. The van der Waals surface area contributed by atoms with E-state index in [0.717, 1.165) is 0 Å². The molecule has 1 aromatic carbocycles. The minimum Gasteiger partial charge on any atom is -0.478 e. The van der Waals surface area contributed by atoms with Crippen molar-refractivity contribution in [3.8, 4) is 0 Å². The summed E-state index contributed by atoms with van der Waals surface area (Å²) >= 11 is 5.76. The van der Waals surface area contributed by atoms with Crippen molar-refractivity contribution in [2.24, 2.45) is 0 Å². The molecule has 2 N–H and O–H groups in total. The summed E-state index contributed by atoms with van der Waals surface area (Å²) in [6.07, 6.45) is 0. The van der Waals surface area contributed by atoms with Gasteiger partial charge in [-0.1, -0.05) is 23.7 Å². The molecule has 3 nitrogen and oxygen atoms in total. The van der Waals surface area contributed by atoms with Gasteiger partial charge in [-0.25, -0.2) is 4.79 Å². The minimum atomic E-state index is -2.64. The molecule has 0 aliphatic carbocycles. The molecule has 76 valence electrons. The second-order valence-electron chi connectivity index (χ2n) is 3.53. The predicted molar refractivity (Wildman–Crippen MR) is 57.7 cm³/mol. The third-order valence-corrected chi connectivity index (χ3v) is 3.94. The van der Waals surface area contributed by atoms with Gasteiger partial charge in [0.2, 0.25) is 8.32 Å². The molecule has 0 aliphatic rings. The van der Waals surface area contributed by atoms with E-state index in [1.54, 1.807) is 25.2 Å². The third kappa shape index (κ3) is 2.15. The van der Waals surface area contributed by atoms with Crippen LogP contribution in [-0.4, -0.2) is 24.2 Å². The van der Waals surface area contributed by atoms with Crippen LogP contribution in [0.4, 0.5) is 0 Å². The Labute approximate surface area is 88.1 Å². The summed E-state index contributed by atoms with van der Waals surface area (Å²) in [6, 6.07) is 4.77. The van der Waals surface area contributed by atoms with Gasteiger partial charge in [0.1, 0.15) is 0 Å². The highest BCUT2D eigenvalue weighted by molar-refractivity contribution is 6.84. The van der Waals surface area contributed by atoms with Crippen molar-refractivity contribution in [3.63, 3.8) is 0 Å². The summed E-state index contributed by atoms with van der Waals surface area (Å²) in [5.74, 6) is -1.10. The van der Waals surface area contributed by atoms with Crippen LogP contribution in [0.15, 0.2) is 18.2 Å². The Hall–Kier alpha value is -0.843. The summed E-state index contributed by atoms with van der Waals surface area (Å²) in [5, 5.41) is 9.56. The highest BCUT2D eigenvalue weighted by Gasteiger charge is 2.27. The van der Waals surface area contributed by atoms with E-state index in [9.17, 15) is 9.59 Å².